The third-order valence-corrected chi connectivity index (χ3v) is 4.42. The predicted octanol–water partition coefficient (Wildman–Crippen LogP) is 3.83. The van der Waals surface area contributed by atoms with Gasteiger partial charge in [-0.2, -0.15) is 0 Å². The highest BCUT2D eigenvalue weighted by Gasteiger charge is 2.33. The van der Waals surface area contributed by atoms with Gasteiger partial charge in [0.25, 0.3) is 0 Å². The Balaban J connectivity index is 2.28. The molecule has 0 spiro atoms. The maximum absolute atomic E-state index is 13.1. The van der Waals surface area contributed by atoms with Gasteiger partial charge in [0.15, 0.2) is 0 Å². The monoisotopic (exact) mass is 276 g/mol. The van der Waals surface area contributed by atoms with Crippen molar-refractivity contribution in [2.75, 3.05) is 0 Å². The molecule has 3 heteroatoms. The summed E-state index contributed by atoms with van der Waals surface area (Å²) in [6.07, 6.45) is 8.34. The van der Waals surface area contributed by atoms with Crippen LogP contribution >= 0.6 is 0 Å². The average Bonchev–Trinajstić information content (AvgIpc) is 2.69. The highest BCUT2D eigenvalue weighted by Crippen LogP contribution is 2.33. The lowest BCUT2D eigenvalue weighted by atomic mass is 9.74. The second-order valence-corrected chi connectivity index (χ2v) is 6.21. The van der Waals surface area contributed by atoms with E-state index in [1.54, 1.807) is 0 Å². The molecule has 1 aliphatic carbocycles. The normalized spacial score (nSPS) is 18.3. The molecule has 110 valence electrons. The fourth-order valence-corrected chi connectivity index (χ4v) is 3.13. The Labute approximate surface area is 121 Å². The van der Waals surface area contributed by atoms with Gasteiger partial charge in [-0.1, -0.05) is 44.1 Å². The van der Waals surface area contributed by atoms with Gasteiger partial charge >= 0.3 is 0 Å². The molecule has 0 amide bonds. The minimum Gasteiger partial charge on any atom is -0.271 e. The van der Waals surface area contributed by atoms with Gasteiger partial charge in [0, 0.05) is 5.41 Å². The molecule has 1 aliphatic rings. The van der Waals surface area contributed by atoms with Crippen molar-refractivity contribution in [2.45, 2.75) is 57.4 Å². The minimum atomic E-state index is -0.199. The molecule has 1 unspecified atom stereocenters. The molecule has 3 N–H and O–H groups in total. The lowest BCUT2D eigenvalue weighted by Crippen LogP contribution is -2.49. The Hall–Kier alpha value is -1.19. The summed E-state index contributed by atoms with van der Waals surface area (Å²) in [4.78, 5) is 0. The Morgan fingerprint density at radius 3 is 2.50 bits per heavy atom. The zero-order valence-electron chi connectivity index (χ0n) is 12.5. The highest BCUT2D eigenvalue weighted by atomic mass is 19.1. The molecule has 2 rings (SSSR count). The zero-order valence-corrected chi connectivity index (χ0v) is 12.5. The van der Waals surface area contributed by atoms with Crippen LogP contribution in [0.2, 0.25) is 0 Å². The van der Waals surface area contributed by atoms with Gasteiger partial charge < -0.3 is 0 Å². The van der Waals surface area contributed by atoms with Crippen LogP contribution in [0.25, 0.3) is 0 Å². The summed E-state index contributed by atoms with van der Waals surface area (Å²) < 4.78 is 13.1. The molecule has 1 aromatic carbocycles. The van der Waals surface area contributed by atoms with Crippen LogP contribution in [-0.2, 0) is 5.41 Å². The van der Waals surface area contributed by atoms with Gasteiger partial charge in [-0.15, -0.1) is 0 Å². The van der Waals surface area contributed by atoms with Gasteiger partial charge in [-0.05, 0) is 43.4 Å². The molecule has 2 nitrogen and oxygen atoms in total. The van der Waals surface area contributed by atoms with Gasteiger partial charge in [0.1, 0.15) is 5.82 Å². The molecule has 0 aliphatic heterocycles. The van der Waals surface area contributed by atoms with Crippen LogP contribution in [0.15, 0.2) is 35.9 Å². The van der Waals surface area contributed by atoms with E-state index >= 15 is 0 Å². The number of nitrogens with one attached hydrogen (secondary N) is 1. The first kappa shape index (κ1) is 15.2. The Morgan fingerprint density at radius 2 is 1.85 bits per heavy atom. The summed E-state index contributed by atoms with van der Waals surface area (Å²) >= 11 is 0. The van der Waals surface area contributed by atoms with Crippen LogP contribution in [0.3, 0.4) is 0 Å². The molecule has 0 radical (unpaired) electrons. The van der Waals surface area contributed by atoms with Gasteiger partial charge in [0.2, 0.25) is 0 Å². The summed E-state index contributed by atoms with van der Waals surface area (Å²) in [5, 5.41) is 0. The van der Waals surface area contributed by atoms with Crippen molar-refractivity contribution in [3.63, 3.8) is 0 Å². The third kappa shape index (κ3) is 3.28. The fraction of sp³-hybridized carbons (Fsp3) is 0.529. The lowest BCUT2D eigenvalue weighted by Gasteiger charge is -2.36. The zero-order chi connectivity index (χ0) is 14.6. The van der Waals surface area contributed by atoms with Crippen LogP contribution in [-0.4, -0.2) is 6.04 Å². The first-order valence-electron chi connectivity index (χ1n) is 7.47. The second-order valence-electron chi connectivity index (χ2n) is 6.21. The topological polar surface area (TPSA) is 38.0 Å². The van der Waals surface area contributed by atoms with Crippen LogP contribution in [0, 0.1) is 5.82 Å². The molecular formula is C17H25FN2. The van der Waals surface area contributed by atoms with E-state index in [-0.39, 0.29) is 17.3 Å². The highest BCUT2D eigenvalue weighted by molar-refractivity contribution is 5.31. The number of nitrogens with two attached hydrogens (primary N) is 1. The number of rotatable bonds is 4. The summed E-state index contributed by atoms with van der Waals surface area (Å²) in [5.74, 6) is 5.64. The second kappa shape index (κ2) is 6.51. The van der Waals surface area contributed by atoms with Crippen molar-refractivity contribution >= 4 is 0 Å². The van der Waals surface area contributed by atoms with E-state index in [1.807, 2.05) is 12.1 Å². The molecule has 0 aromatic heterocycles. The number of allylic oxidation sites excluding steroid dienone is 1. The van der Waals surface area contributed by atoms with E-state index in [2.05, 4.69) is 25.3 Å². The van der Waals surface area contributed by atoms with Crippen molar-refractivity contribution in [3.8, 4) is 0 Å². The Morgan fingerprint density at radius 1 is 1.15 bits per heavy atom. The number of halogens is 1. The van der Waals surface area contributed by atoms with E-state index < -0.39 is 0 Å². The van der Waals surface area contributed by atoms with Gasteiger partial charge in [-0.3, -0.25) is 11.3 Å². The number of hydrogen-bond donors (Lipinski definition) is 2. The van der Waals surface area contributed by atoms with Crippen molar-refractivity contribution in [3.05, 3.63) is 47.3 Å². The Bertz CT molecular complexity index is 462. The van der Waals surface area contributed by atoms with E-state index in [9.17, 15) is 4.39 Å². The van der Waals surface area contributed by atoms with Crippen LogP contribution in [0.4, 0.5) is 4.39 Å². The summed E-state index contributed by atoms with van der Waals surface area (Å²) in [6.45, 7) is 4.33. The first-order chi connectivity index (χ1) is 9.55. The largest absolute Gasteiger partial charge is 0.271 e. The smallest absolute Gasteiger partial charge is 0.123 e. The standard InChI is InChI=1S/C17H25FN2/c1-17(2,14-9-11-15(18)12-10-14)16(20-19)13-7-5-3-4-6-8-13/h7,9-12,16,20H,3-6,8,19H2,1-2H3. The minimum absolute atomic E-state index is 0.0889. The third-order valence-electron chi connectivity index (χ3n) is 4.42. The van der Waals surface area contributed by atoms with Gasteiger partial charge in [-0.25, -0.2) is 4.39 Å². The quantitative estimate of drug-likeness (QED) is 0.498. The lowest BCUT2D eigenvalue weighted by molar-refractivity contribution is 0.375. The van der Waals surface area contributed by atoms with Gasteiger partial charge in [0.05, 0.1) is 6.04 Å². The summed E-state index contributed by atoms with van der Waals surface area (Å²) in [7, 11) is 0. The Kier molecular flexibility index (Phi) is 4.95. The van der Waals surface area contributed by atoms with E-state index in [1.165, 1.54) is 37.0 Å². The maximum atomic E-state index is 13.1. The molecule has 1 atom stereocenters. The SMILES string of the molecule is CC(C)(c1ccc(F)cc1)C(NN)C1=CCCCCC1. The number of benzene rings is 1. The van der Waals surface area contributed by atoms with E-state index in [4.69, 9.17) is 5.84 Å². The molecule has 0 saturated heterocycles. The van der Waals surface area contributed by atoms with Crippen molar-refractivity contribution in [2.24, 2.45) is 5.84 Å². The van der Waals surface area contributed by atoms with Crippen molar-refractivity contribution in [1.82, 2.24) is 5.43 Å². The fourth-order valence-electron chi connectivity index (χ4n) is 3.13. The first-order valence-corrected chi connectivity index (χ1v) is 7.47. The molecule has 0 heterocycles. The van der Waals surface area contributed by atoms with Crippen molar-refractivity contribution < 1.29 is 4.39 Å². The predicted molar refractivity (Wildman–Crippen MR) is 81.7 cm³/mol. The number of hydrogen-bond acceptors (Lipinski definition) is 2. The molecular weight excluding hydrogens is 251 g/mol. The molecule has 1 aromatic rings. The molecule has 0 bridgehead atoms. The van der Waals surface area contributed by atoms with Crippen LogP contribution in [0.1, 0.15) is 51.5 Å². The molecule has 0 fully saturated rings. The van der Waals surface area contributed by atoms with Crippen molar-refractivity contribution in [1.29, 1.82) is 0 Å². The van der Waals surface area contributed by atoms with Crippen LogP contribution < -0.4 is 11.3 Å². The number of hydrazine groups is 1. The molecule has 20 heavy (non-hydrogen) atoms. The van der Waals surface area contributed by atoms with Crippen LogP contribution in [0.5, 0.6) is 0 Å². The summed E-state index contributed by atoms with van der Waals surface area (Å²) in [6, 6.07) is 6.85. The maximum Gasteiger partial charge on any atom is 0.123 e. The van der Waals surface area contributed by atoms with E-state index in [0.29, 0.717) is 0 Å². The van der Waals surface area contributed by atoms with E-state index in [0.717, 1.165) is 18.4 Å². The molecule has 0 saturated carbocycles. The summed E-state index contributed by atoms with van der Waals surface area (Å²) in [5.41, 5.74) is 5.31. The average molecular weight is 276 g/mol.